The number of hydrogen-bond acceptors (Lipinski definition) is 6. The number of methoxy groups -OCH3 is 1. The van der Waals surface area contributed by atoms with E-state index in [-0.39, 0.29) is 17.1 Å². The van der Waals surface area contributed by atoms with Gasteiger partial charge in [-0.25, -0.2) is 13.8 Å². The number of nitrogens with one attached hydrogen (secondary N) is 2. The predicted molar refractivity (Wildman–Crippen MR) is 75.8 cm³/mol. The first-order valence-electron chi connectivity index (χ1n) is 6.35. The van der Waals surface area contributed by atoms with Crippen LogP contribution in [-0.4, -0.2) is 25.4 Å². The van der Waals surface area contributed by atoms with Crippen LogP contribution in [0.15, 0.2) is 40.4 Å². The molecule has 0 saturated carbocycles. The Morgan fingerprint density at radius 1 is 1.41 bits per heavy atom. The van der Waals surface area contributed by atoms with Gasteiger partial charge in [-0.2, -0.15) is 0 Å². The van der Waals surface area contributed by atoms with Crippen molar-refractivity contribution in [3.05, 3.63) is 52.6 Å². The summed E-state index contributed by atoms with van der Waals surface area (Å²) in [4.78, 5) is 16.6. The van der Waals surface area contributed by atoms with E-state index in [1.165, 1.54) is 19.6 Å². The minimum atomic E-state index is -1.08. The second-order valence-electron chi connectivity index (χ2n) is 4.65. The average Bonchev–Trinajstić information content (AvgIpc) is 2.95. The highest BCUT2D eigenvalue weighted by Gasteiger charge is 2.35. The molecule has 0 bridgehead atoms. The largest absolute Gasteiger partial charge is 0.482 e. The highest BCUT2D eigenvalue weighted by atomic mass is 19.1. The fourth-order valence-corrected chi connectivity index (χ4v) is 2.35. The number of carbonyl (C=O) groups excluding carboxylic acids is 1. The van der Waals surface area contributed by atoms with Crippen LogP contribution in [0.2, 0.25) is 0 Å². The number of Topliss-reactive ketones (excluding diaryl/α,β-unsaturated/α-hetero) is 1. The molecule has 3 rings (SSSR count). The van der Waals surface area contributed by atoms with Crippen LogP contribution in [0.3, 0.4) is 0 Å². The molecule has 0 radical (unpaired) electrons. The van der Waals surface area contributed by atoms with E-state index in [0.29, 0.717) is 5.57 Å². The molecule has 6 nitrogen and oxygen atoms in total. The Bertz CT molecular complexity index is 755. The van der Waals surface area contributed by atoms with Crippen LogP contribution in [0.4, 0.5) is 14.5 Å². The number of halogens is 2. The molecule has 0 spiro atoms. The lowest BCUT2D eigenvalue weighted by Gasteiger charge is -2.19. The maximum Gasteiger partial charge on any atom is 0.201 e. The Balaban J connectivity index is 2.07. The summed E-state index contributed by atoms with van der Waals surface area (Å²) in [5.41, 5.74) is 4.86. The zero-order valence-electron chi connectivity index (χ0n) is 11.5. The lowest BCUT2D eigenvalue weighted by Crippen LogP contribution is -2.31. The first-order valence-corrected chi connectivity index (χ1v) is 6.35. The monoisotopic (exact) mass is 306 g/mol. The van der Waals surface area contributed by atoms with Gasteiger partial charge in [-0.1, -0.05) is 0 Å². The van der Waals surface area contributed by atoms with Crippen molar-refractivity contribution in [3.63, 3.8) is 0 Å². The average molecular weight is 306 g/mol. The lowest BCUT2D eigenvalue weighted by atomic mass is 9.96. The molecule has 22 heavy (non-hydrogen) atoms. The molecule has 0 aromatic heterocycles. The van der Waals surface area contributed by atoms with Crippen molar-refractivity contribution in [2.45, 2.75) is 6.17 Å². The SMILES string of the molecule is COC1=C2C(C(=O)c3c(F)ccc(N)c3F)=CNC2N=CN1. The van der Waals surface area contributed by atoms with E-state index in [2.05, 4.69) is 15.6 Å². The van der Waals surface area contributed by atoms with Crippen LogP contribution in [0.5, 0.6) is 0 Å². The van der Waals surface area contributed by atoms with Gasteiger partial charge in [-0.05, 0) is 12.1 Å². The Morgan fingerprint density at radius 3 is 2.91 bits per heavy atom. The number of carbonyl (C=O) groups is 1. The Labute approximate surface area is 124 Å². The summed E-state index contributed by atoms with van der Waals surface area (Å²) in [6, 6.07) is 2.02. The molecule has 1 aromatic rings. The number of ketones is 1. The fourth-order valence-electron chi connectivity index (χ4n) is 2.35. The zero-order valence-corrected chi connectivity index (χ0v) is 11.5. The minimum Gasteiger partial charge on any atom is -0.482 e. The smallest absolute Gasteiger partial charge is 0.201 e. The molecule has 1 aromatic carbocycles. The van der Waals surface area contributed by atoms with Crippen LogP contribution < -0.4 is 16.4 Å². The first-order chi connectivity index (χ1) is 10.5. The maximum absolute atomic E-state index is 14.0. The Morgan fingerprint density at radius 2 is 2.18 bits per heavy atom. The van der Waals surface area contributed by atoms with Crippen LogP contribution >= 0.6 is 0 Å². The highest BCUT2D eigenvalue weighted by molar-refractivity contribution is 6.13. The van der Waals surface area contributed by atoms with E-state index in [1.54, 1.807) is 0 Å². The molecular weight excluding hydrogens is 294 g/mol. The number of hydrogen-bond donors (Lipinski definition) is 3. The second kappa shape index (κ2) is 5.14. The topological polar surface area (TPSA) is 88.7 Å². The molecule has 2 aliphatic rings. The van der Waals surface area contributed by atoms with Crippen LogP contribution in [0.25, 0.3) is 0 Å². The number of nitrogens with two attached hydrogens (primary N) is 1. The van der Waals surface area contributed by atoms with E-state index in [1.807, 2.05) is 0 Å². The molecule has 0 amide bonds. The van der Waals surface area contributed by atoms with Crippen molar-refractivity contribution in [2.75, 3.05) is 12.8 Å². The van der Waals surface area contributed by atoms with Gasteiger partial charge in [0.1, 0.15) is 5.82 Å². The highest BCUT2D eigenvalue weighted by Crippen LogP contribution is 2.31. The normalized spacial score (nSPS) is 19.2. The number of nitrogen functional groups attached to an aromatic ring is 1. The summed E-state index contributed by atoms with van der Waals surface area (Å²) in [5.74, 6) is -2.61. The quantitative estimate of drug-likeness (QED) is 0.573. The maximum atomic E-state index is 14.0. The Hall–Kier alpha value is -2.90. The van der Waals surface area contributed by atoms with Gasteiger partial charge in [-0.15, -0.1) is 0 Å². The van der Waals surface area contributed by atoms with Crippen molar-refractivity contribution in [1.82, 2.24) is 10.6 Å². The number of fused-ring (bicyclic) bond motifs is 1. The summed E-state index contributed by atoms with van der Waals surface area (Å²) in [5, 5.41) is 5.58. The van der Waals surface area contributed by atoms with Gasteiger partial charge >= 0.3 is 0 Å². The molecule has 2 aliphatic heterocycles. The van der Waals surface area contributed by atoms with Crippen molar-refractivity contribution >= 4 is 17.8 Å². The van der Waals surface area contributed by atoms with Gasteiger partial charge < -0.3 is 21.1 Å². The van der Waals surface area contributed by atoms with Crippen molar-refractivity contribution in [1.29, 1.82) is 0 Å². The molecule has 0 saturated heterocycles. The van der Waals surface area contributed by atoms with Gasteiger partial charge in [0, 0.05) is 6.20 Å². The number of rotatable bonds is 3. The van der Waals surface area contributed by atoms with Gasteiger partial charge in [0.05, 0.1) is 35.8 Å². The second-order valence-corrected chi connectivity index (χ2v) is 4.65. The molecule has 8 heteroatoms. The summed E-state index contributed by atoms with van der Waals surface area (Å²) in [6.45, 7) is 0. The zero-order chi connectivity index (χ0) is 15.9. The molecule has 2 heterocycles. The molecule has 114 valence electrons. The van der Waals surface area contributed by atoms with E-state index >= 15 is 0 Å². The van der Waals surface area contributed by atoms with Crippen LogP contribution in [0.1, 0.15) is 10.4 Å². The predicted octanol–water partition coefficient (Wildman–Crippen LogP) is 1.03. The fraction of sp³-hybridized carbons (Fsp3) is 0.143. The van der Waals surface area contributed by atoms with Crippen LogP contribution in [0, 0.1) is 11.6 Å². The van der Waals surface area contributed by atoms with Crippen molar-refractivity contribution in [3.8, 4) is 0 Å². The van der Waals surface area contributed by atoms with Gasteiger partial charge in [0.15, 0.2) is 17.9 Å². The van der Waals surface area contributed by atoms with E-state index in [4.69, 9.17) is 10.5 Å². The molecule has 1 unspecified atom stereocenters. The third kappa shape index (κ3) is 2.00. The number of anilines is 1. The lowest BCUT2D eigenvalue weighted by molar-refractivity contribution is 0.102. The number of ether oxygens (including phenoxy) is 1. The third-order valence-electron chi connectivity index (χ3n) is 3.41. The summed E-state index contributed by atoms with van der Waals surface area (Å²) < 4.78 is 33.1. The van der Waals surface area contributed by atoms with Gasteiger partial charge in [0.25, 0.3) is 0 Å². The van der Waals surface area contributed by atoms with E-state index < -0.39 is 29.1 Å². The van der Waals surface area contributed by atoms with E-state index in [0.717, 1.165) is 12.1 Å². The van der Waals surface area contributed by atoms with Crippen molar-refractivity contribution in [2.24, 2.45) is 4.99 Å². The van der Waals surface area contributed by atoms with Gasteiger partial charge in [0.2, 0.25) is 5.78 Å². The number of benzene rings is 1. The molecule has 4 N–H and O–H groups in total. The third-order valence-corrected chi connectivity index (χ3v) is 3.41. The minimum absolute atomic E-state index is 0.0644. The van der Waals surface area contributed by atoms with Gasteiger partial charge in [-0.3, -0.25) is 4.79 Å². The van der Waals surface area contributed by atoms with Crippen molar-refractivity contribution < 1.29 is 18.3 Å². The van der Waals surface area contributed by atoms with Crippen LogP contribution in [-0.2, 0) is 4.74 Å². The summed E-state index contributed by atoms with van der Waals surface area (Å²) >= 11 is 0. The standard InChI is InChI=1S/C14H12F2N4O2/c1-22-14-9-6(4-18-13(9)19-5-20-14)12(21)10-7(15)2-3-8(17)11(10)16/h2-5,13,18H,17H2,1H3,(H,19,20). The molecule has 0 fully saturated rings. The molecule has 0 aliphatic carbocycles. The molecule has 1 atom stereocenters. The molecular formula is C14H12F2N4O2. The summed E-state index contributed by atoms with van der Waals surface area (Å²) in [6.07, 6.45) is 2.22. The number of nitrogens with zero attached hydrogens (tertiary/aromatic N) is 1. The van der Waals surface area contributed by atoms with E-state index in [9.17, 15) is 13.6 Å². The first kappa shape index (κ1) is 14.1. The summed E-state index contributed by atoms with van der Waals surface area (Å²) in [7, 11) is 1.41. The Kier molecular flexibility index (Phi) is 3.28. The number of aliphatic imine (C=N–C) groups is 1.